The normalized spacial score (nSPS) is 26.9. The van der Waals surface area contributed by atoms with Gasteiger partial charge in [0, 0.05) is 18.8 Å². The molecule has 3 saturated heterocycles. The lowest BCUT2D eigenvalue weighted by Gasteiger charge is -2.29. The van der Waals surface area contributed by atoms with Crippen LogP contribution in [0.1, 0.15) is 0 Å². The summed E-state index contributed by atoms with van der Waals surface area (Å²) in [4.78, 5) is 9.53. The van der Waals surface area contributed by atoms with E-state index in [0.717, 1.165) is 0 Å². The lowest BCUT2D eigenvalue weighted by molar-refractivity contribution is 0.00780. The average Bonchev–Trinajstić information content (AvgIpc) is 3.50. The maximum atomic E-state index is 15.1. The Morgan fingerprint density at radius 1 is 1.09 bits per heavy atom. The molecule has 0 bridgehead atoms. The van der Waals surface area contributed by atoms with Gasteiger partial charge in [0.15, 0.2) is 6.10 Å². The number of hydrogen-bond donors (Lipinski definition) is 2. The molecule has 2 N–H and O–H groups in total. The second-order valence-electron chi connectivity index (χ2n) is 8.56. The molecule has 6 rings (SSSR count). The monoisotopic (exact) mass is 537 g/mol. The van der Waals surface area contributed by atoms with Gasteiger partial charge < -0.3 is 33.9 Å². The van der Waals surface area contributed by atoms with Crippen LogP contribution in [-0.2, 0) is 14.2 Å². The Labute approximate surface area is 201 Å². The molecule has 3 aliphatic rings. The van der Waals surface area contributed by atoms with Crippen molar-refractivity contribution in [2.45, 2.75) is 24.4 Å². The van der Waals surface area contributed by atoms with Gasteiger partial charge in [0.2, 0.25) is 5.88 Å². The number of aliphatic hydroxyl groups is 1. The van der Waals surface area contributed by atoms with Crippen LogP contribution in [0.25, 0.3) is 22.3 Å². The molecule has 3 aliphatic heterocycles. The van der Waals surface area contributed by atoms with Gasteiger partial charge >= 0.3 is 0 Å². The summed E-state index contributed by atoms with van der Waals surface area (Å²) < 4.78 is 53.2. The van der Waals surface area contributed by atoms with E-state index in [-0.39, 0.29) is 30.6 Å². The first-order chi connectivity index (χ1) is 16.5. The number of nitrogens with zero attached hydrogens (tertiary/aromatic N) is 2. The van der Waals surface area contributed by atoms with Crippen LogP contribution in [0.5, 0.6) is 5.88 Å². The fourth-order valence-corrected chi connectivity index (χ4v) is 5.23. The number of benzene rings is 1. The summed E-state index contributed by atoms with van der Waals surface area (Å²) in [5, 5.41) is 9.92. The third-order valence-corrected chi connectivity index (χ3v) is 7.20. The molecule has 0 aliphatic carbocycles. The minimum Gasteiger partial charge on any atom is -0.469 e. The Hall–Kier alpha value is -2.31. The number of ether oxygens (including phenoxy) is 4. The number of nitrogens with one attached hydrogen (secondary N) is 1. The summed E-state index contributed by atoms with van der Waals surface area (Å²) in [5.74, 6) is -0.951. The smallest absolute Gasteiger partial charge is 0.208 e. The Balaban J connectivity index is 1.29. The number of pyridine rings is 1. The Kier molecular flexibility index (Phi) is 5.69. The zero-order chi connectivity index (χ0) is 23.4. The lowest BCUT2D eigenvalue weighted by atomic mass is 10.1. The summed E-state index contributed by atoms with van der Waals surface area (Å²) in [5.41, 5.74) is 1.59. The lowest BCUT2D eigenvalue weighted by Crippen LogP contribution is -2.36. The molecule has 1 unspecified atom stereocenters. The highest BCUT2D eigenvalue weighted by molar-refractivity contribution is 9.10. The van der Waals surface area contributed by atoms with Crippen LogP contribution in [0.4, 0.5) is 14.5 Å². The first-order valence-corrected chi connectivity index (χ1v) is 11.9. The van der Waals surface area contributed by atoms with E-state index in [1.807, 2.05) is 4.90 Å². The van der Waals surface area contributed by atoms with Gasteiger partial charge in [-0.05, 0) is 40.2 Å². The second kappa shape index (κ2) is 8.72. The summed E-state index contributed by atoms with van der Waals surface area (Å²) in [7, 11) is 0. The highest BCUT2D eigenvalue weighted by atomic mass is 79.9. The number of morpholine rings is 1. The van der Waals surface area contributed by atoms with Crippen molar-refractivity contribution in [3.63, 3.8) is 0 Å². The zero-order valence-electron chi connectivity index (χ0n) is 18.0. The van der Waals surface area contributed by atoms with Crippen molar-refractivity contribution in [3.05, 3.63) is 40.4 Å². The molecule has 180 valence electrons. The molecule has 0 spiro atoms. The molecule has 3 fully saturated rings. The zero-order valence-corrected chi connectivity index (χ0v) is 19.6. The van der Waals surface area contributed by atoms with Gasteiger partial charge in [-0.3, -0.25) is 0 Å². The standard InChI is InChI=1S/C23H22BrF2N3O5/c24-19-20-15(28-23(19)34-17-10-33-21-16(30)9-32-22(17)21)2-1-14(27-20)18-12(25)7-11(8-13(18)26)29-3-5-31-6-4-29/h1-2,7-8,16-17,21-22,28,30H,3-6,9-10H2/t16-,17-,21?,22-/m1/s1. The van der Waals surface area contributed by atoms with Gasteiger partial charge in [0.05, 0.1) is 43.2 Å². The number of hydrogen-bond acceptors (Lipinski definition) is 7. The molecule has 4 atom stereocenters. The third-order valence-electron chi connectivity index (χ3n) is 6.46. The van der Waals surface area contributed by atoms with Gasteiger partial charge in [-0.15, -0.1) is 0 Å². The van der Waals surface area contributed by atoms with E-state index in [9.17, 15) is 5.11 Å². The van der Waals surface area contributed by atoms with E-state index in [1.54, 1.807) is 12.1 Å². The van der Waals surface area contributed by atoms with Gasteiger partial charge in [-0.25, -0.2) is 13.8 Å². The number of aromatic nitrogens is 2. The largest absolute Gasteiger partial charge is 0.469 e. The van der Waals surface area contributed by atoms with Crippen LogP contribution in [0.15, 0.2) is 28.7 Å². The minimum atomic E-state index is -0.678. The van der Waals surface area contributed by atoms with Crippen LogP contribution in [0.3, 0.4) is 0 Å². The second-order valence-corrected chi connectivity index (χ2v) is 9.36. The molecular formula is C23H22BrF2N3O5. The number of aromatic amines is 1. The van der Waals surface area contributed by atoms with E-state index in [1.165, 1.54) is 12.1 Å². The number of rotatable bonds is 4. The third kappa shape index (κ3) is 3.75. The molecule has 0 radical (unpaired) electrons. The van der Waals surface area contributed by atoms with Crippen molar-refractivity contribution in [2.24, 2.45) is 0 Å². The number of H-pyrrole nitrogens is 1. The Bertz CT molecular complexity index is 1210. The molecule has 0 saturated carbocycles. The van der Waals surface area contributed by atoms with Crippen LogP contribution < -0.4 is 9.64 Å². The highest BCUT2D eigenvalue weighted by Gasteiger charge is 2.48. The fourth-order valence-electron chi connectivity index (χ4n) is 4.74. The van der Waals surface area contributed by atoms with E-state index >= 15 is 8.78 Å². The molecule has 0 amide bonds. The topological polar surface area (TPSA) is 89.1 Å². The van der Waals surface area contributed by atoms with E-state index in [4.69, 9.17) is 18.9 Å². The van der Waals surface area contributed by atoms with Crippen molar-refractivity contribution in [1.82, 2.24) is 9.97 Å². The van der Waals surface area contributed by atoms with Crippen LogP contribution in [0.2, 0.25) is 0 Å². The van der Waals surface area contributed by atoms with Gasteiger partial charge in [-0.2, -0.15) is 0 Å². The van der Waals surface area contributed by atoms with Gasteiger partial charge in [0.1, 0.15) is 39.9 Å². The number of aliphatic hydroxyl groups excluding tert-OH is 1. The fraction of sp³-hybridized carbons (Fsp3) is 0.435. The molecule has 8 nitrogen and oxygen atoms in total. The van der Waals surface area contributed by atoms with Crippen LogP contribution in [0, 0.1) is 11.6 Å². The molecule has 1 aromatic carbocycles. The van der Waals surface area contributed by atoms with Crippen molar-refractivity contribution in [1.29, 1.82) is 0 Å². The Morgan fingerprint density at radius 3 is 2.59 bits per heavy atom. The van der Waals surface area contributed by atoms with Crippen molar-refractivity contribution in [2.75, 3.05) is 44.4 Å². The predicted octanol–water partition coefficient (Wildman–Crippen LogP) is 3.01. The van der Waals surface area contributed by atoms with Gasteiger partial charge in [-0.1, -0.05) is 0 Å². The van der Waals surface area contributed by atoms with Crippen molar-refractivity contribution >= 4 is 32.7 Å². The maximum Gasteiger partial charge on any atom is 0.208 e. The van der Waals surface area contributed by atoms with Crippen LogP contribution >= 0.6 is 15.9 Å². The summed E-state index contributed by atoms with van der Waals surface area (Å²) in [6, 6.07) is 5.94. The van der Waals surface area contributed by atoms with Crippen molar-refractivity contribution < 1.29 is 32.8 Å². The molecule has 5 heterocycles. The summed E-state index contributed by atoms with van der Waals surface area (Å²) in [6.45, 7) is 2.69. The SMILES string of the molecule is O[C@@H]1CO[C@H]2C1OC[C@H]2Oc1[nH]c2ccc(-c3c(F)cc(N4CCOCC4)cc3F)nc2c1Br. The number of fused-ring (bicyclic) bond motifs is 2. The quantitative estimate of drug-likeness (QED) is 0.528. The first kappa shape index (κ1) is 22.2. The van der Waals surface area contributed by atoms with Crippen molar-refractivity contribution in [3.8, 4) is 17.1 Å². The highest BCUT2D eigenvalue weighted by Crippen LogP contribution is 2.38. The molecule has 34 heavy (non-hydrogen) atoms. The van der Waals surface area contributed by atoms with E-state index < -0.39 is 29.9 Å². The van der Waals surface area contributed by atoms with E-state index in [2.05, 4.69) is 25.9 Å². The van der Waals surface area contributed by atoms with Crippen LogP contribution in [-0.4, -0.2) is 79.0 Å². The molecular weight excluding hydrogens is 516 g/mol. The first-order valence-electron chi connectivity index (χ1n) is 11.1. The molecule has 11 heteroatoms. The minimum absolute atomic E-state index is 0.175. The number of halogens is 3. The molecule has 2 aromatic heterocycles. The molecule has 3 aromatic rings. The maximum absolute atomic E-state index is 15.1. The predicted molar refractivity (Wildman–Crippen MR) is 122 cm³/mol. The number of anilines is 1. The summed E-state index contributed by atoms with van der Waals surface area (Å²) >= 11 is 3.50. The summed E-state index contributed by atoms with van der Waals surface area (Å²) in [6.07, 6.45) is -1.86. The Morgan fingerprint density at radius 2 is 1.82 bits per heavy atom. The van der Waals surface area contributed by atoms with E-state index in [0.29, 0.717) is 53.4 Å². The van der Waals surface area contributed by atoms with Gasteiger partial charge in [0.25, 0.3) is 0 Å². The average molecular weight is 538 g/mol.